The first-order valence-corrected chi connectivity index (χ1v) is 8.01. The molecule has 1 aliphatic heterocycles. The monoisotopic (exact) mass is 309 g/mol. The van der Waals surface area contributed by atoms with Crippen LogP contribution in [0.5, 0.6) is 5.75 Å². The highest BCUT2D eigenvalue weighted by Crippen LogP contribution is 2.34. The summed E-state index contributed by atoms with van der Waals surface area (Å²) in [7, 11) is -3.81. The first-order valence-electron chi connectivity index (χ1n) is 6.57. The van der Waals surface area contributed by atoms with Gasteiger partial charge in [0.15, 0.2) is 0 Å². The van der Waals surface area contributed by atoms with E-state index in [1.807, 2.05) is 0 Å². The zero-order valence-corrected chi connectivity index (χ0v) is 12.0. The van der Waals surface area contributed by atoms with Gasteiger partial charge in [0.05, 0.1) is 12.3 Å². The lowest BCUT2D eigenvalue weighted by atomic mass is 10.3. The van der Waals surface area contributed by atoms with Gasteiger partial charge in [0.25, 0.3) is 10.0 Å². The summed E-state index contributed by atoms with van der Waals surface area (Å²) < 4.78 is 37.5. The number of anilines is 1. The van der Waals surface area contributed by atoms with E-state index < -0.39 is 10.0 Å². The minimum Gasteiger partial charge on any atom is -0.491 e. The van der Waals surface area contributed by atoms with Crippen LogP contribution in [0.3, 0.4) is 0 Å². The second kappa shape index (κ2) is 5.42. The van der Waals surface area contributed by atoms with Crippen LogP contribution in [0.2, 0.25) is 0 Å². The van der Waals surface area contributed by atoms with Crippen molar-refractivity contribution in [2.75, 3.05) is 17.5 Å². The van der Waals surface area contributed by atoms with Gasteiger partial charge in [-0.25, -0.2) is 0 Å². The van der Waals surface area contributed by atoms with Crippen molar-refractivity contribution < 1.29 is 22.7 Å². The molecule has 1 N–H and O–H groups in total. The Balaban J connectivity index is 2.06. The van der Waals surface area contributed by atoms with E-state index in [4.69, 9.17) is 14.3 Å². The molecule has 0 radical (unpaired) electrons. The predicted octanol–water partition coefficient (Wildman–Crippen LogP) is 1.75. The van der Waals surface area contributed by atoms with Crippen LogP contribution in [0.4, 0.5) is 5.69 Å². The molecule has 0 atom stereocenters. The Morgan fingerprint density at radius 1 is 1.19 bits per heavy atom. The number of fused-ring (bicyclic) bond motifs is 1. The molecule has 1 aromatic carbocycles. The third kappa shape index (κ3) is 2.50. The third-order valence-electron chi connectivity index (χ3n) is 3.23. The number of nitrogens with zero attached hydrogens (tertiary/aromatic N) is 1. The fourth-order valence-electron chi connectivity index (χ4n) is 2.24. The molecule has 0 saturated carbocycles. The van der Waals surface area contributed by atoms with Crippen LogP contribution in [-0.2, 0) is 16.6 Å². The summed E-state index contributed by atoms with van der Waals surface area (Å²) in [6, 6.07) is 9.81. The van der Waals surface area contributed by atoms with Gasteiger partial charge < -0.3 is 14.3 Å². The average molecular weight is 309 g/mol. The molecule has 6 nitrogen and oxygen atoms in total. The van der Waals surface area contributed by atoms with Crippen LogP contribution in [0.25, 0.3) is 0 Å². The van der Waals surface area contributed by atoms with Crippen molar-refractivity contribution in [1.82, 2.24) is 0 Å². The van der Waals surface area contributed by atoms with Crippen molar-refractivity contribution in [1.29, 1.82) is 0 Å². The minimum absolute atomic E-state index is 0.178. The fraction of sp³-hybridized carbons (Fsp3) is 0.286. The number of para-hydroxylation sites is 2. The maximum Gasteiger partial charge on any atom is 0.297 e. The van der Waals surface area contributed by atoms with Crippen molar-refractivity contribution in [3.05, 3.63) is 42.2 Å². The summed E-state index contributed by atoms with van der Waals surface area (Å²) >= 11 is 0. The molecule has 112 valence electrons. The standard InChI is InChI=1S/C14H15NO5S/c16-10-11-6-7-14(20-11)21(17,18)15-8-3-9-19-13-5-2-1-4-12(13)15/h1-2,4-7,16H,3,8-10H2. The zero-order valence-electron chi connectivity index (χ0n) is 11.2. The number of benzene rings is 1. The molecule has 0 amide bonds. The molecule has 2 heterocycles. The molecule has 0 fully saturated rings. The summed E-state index contributed by atoms with van der Waals surface area (Å²) in [4.78, 5) is 0. The van der Waals surface area contributed by atoms with Crippen molar-refractivity contribution in [3.63, 3.8) is 0 Å². The number of aliphatic hydroxyl groups excluding tert-OH is 1. The molecule has 3 rings (SSSR count). The van der Waals surface area contributed by atoms with E-state index in [2.05, 4.69) is 0 Å². The van der Waals surface area contributed by atoms with Crippen LogP contribution >= 0.6 is 0 Å². The molecule has 0 saturated heterocycles. The Bertz CT molecular complexity index is 737. The van der Waals surface area contributed by atoms with E-state index in [0.29, 0.717) is 31.0 Å². The Hall–Kier alpha value is -1.99. The molecule has 1 aliphatic rings. The number of sulfonamides is 1. The van der Waals surface area contributed by atoms with Crippen molar-refractivity contribution in [2.24, 2.45) is 0 Å². The van der Waals surface area contributed by atoms with Gasteiger partial charge >= 0.3 is 0 Å². The summed E-state index contributed by atoms with van der Waals surface area (Å²) in [5.74, 6) is 0.750. The number of aliphatic hydroxyl groups is 1. The second-order valence-electron chi connectivity index (χ2n) is 4.63. The van der Waals surface area contributed by atoms with Gasteiger partial charge in [-0.1, -0.05) is 12.1 Å². The van der Waals surface area contributed by atoms with Gasteiger partial charge in [-0.15, -0.1) is 0 Å². The fourth-order valence-corrected chi connectivity index (χ4v) is 3.68. The maximum absolute atomic E-state index is 12.7. The first kappa shape index (κ1) is 14.0. The lowest BCUT2D eigenvalue weighted by Gasteiger charge is -2.21. The number of ether oxygens (including phenoxy) is 1. The largest absolute Gasteiger partial charge is 0.491 e. The topological polar surface area (TPSA) is 80.0 Å². The van der Waals surface area contributed by atoms with E-state index in [-0.39, 0.29) is 17.5 Å². The van der Waals surface area contributed by atoms with Crippen LogP contribution in [0.1, 0.15) is 12.2 Å². The van der Waals surface area contributed by atoms with E-state index in [1.165, 1.54) is 16.4 Å². The lowest BCUT2D eigenvalue weighted by Crippen LogP contribution is -2.31. The predicted molar refractivity (Wildman–Crippen MR) is 75.7 cm³/mol. The number of rotatable bonds is 3. The lowest BCUT2D eigenvalue weighted by molar-refractivity contribution is 0.236. The first-order chi connectivity index (χ1) is 10.1. The van der Waals surface area contributed by atoms with Gasteiger partial charge in [-0.05, 0) is 24.3 Å². The molecular weight excluding hydrogens is 294 g/mol. The van der Waals surface area contributed by atoms with Crippen molar-refractivity contribution >= 4 is 15.7 Å². The summed E-state index contributed by atoms with van der Waals surface area (Å²) in [6.45, 7) is 0.437. The van der Waals surface area contributed by atoms with Gasteiger partial charge in [0, 0.05) is 13.0 Å². The minimum atomic E-state index is -3.81. The smallest absolute Gasteiger partial charge is 0.297 e. The maximum atomic E-state index is 12.7. The molecule has 1 aromatic heterocycles. The van der Waals surface area contributed by atoms with Gasteiger partial charge in [0.1, 0.15) is 18.1 Å². The van der Waals surface area contributed by atoms with Gasteiger partial charge in [-0.3, -0.25) is 4.31 Å². The molecule has 0 unspecified atom stereocenters. The zero-order chi connectivity index (χ0) is 14.9. The van der Waals surface area contributed by atoms with Gasteiger partial charge in [0.2, 0.25) is 5.09 Å². The molecule has 0 spiro atoms. The molecule has 7 heteroatoms. The summed E-state index contributed by atoms with van der Waals surface area (Å²) in [5, 5.41) is 8.83. The molecule has 21 heavy (non-hydrogen) atoms. The number of furan rings is 1. The van der Waals surface area contributed by atoms with Crippen molar-refractivity contribution in [3.8, 4) is 5.75 Å². The number of hydrogen-bond donors (Lipinski definition) is 1. The molecule has 2 aromatic rings. The Kier molecular flexibility index (Phi) is 3.60. The Labute approximate surface area is 122 Å². The molecular formula is C14H15NO5S. The van der Waals surface area contributed by atoms with Crippen LogP contribution < -0.4 is 9.04 Å². The highest BCUT2D eigenvalue weighted by molar-refractivity contribution is 7.92. The van der Waals surface area contributed by atoms with Crippen LogP contribution in [-0.4, -0.2) is 26.7 Å². The van der Waals surface area contributed by atoms with Gasteiger partial charge in [-0.2, -0.15) is 8.42 Å². The Morgan fingerprint density at radius 3 is 2.76 bits per heavy atom. The van der Waals surface area contributed by atoms with E-state index in [9.17, 15) is 8.42 Å². The normalized spacial score (nSPS) is 15.2. The third-order valence-corrected chi connectivity index (χ3v) is 4.92. The summed E-state index contributed by atoms with van der Waals surface area (Å²) in [6.07, 6.45) is 0.585. The second-order valence-corrected chi connectivity index (χ2v) is 6.42. The summed E-state index contributed by atoms with van der Waals surface area (Å²) in [5.41, 5.74) is 0.497. The van der Waals surface area contributed by atoms with Crippen LogP contribution in [0.15, 0.2) is 45.9 Å². The Morgan fingerprint density at radius 2 is 2.00 bits per heavy atom. The molecule has 0 aliphatic carbocycles. The quantitative estimate of drug-likeness (QED) is 0.934. The van der Waals surface area contributed by atoms with E-state index in [0.717, 1.165) is 0 Å². The van der Waals surface area contributed by atoms with Crippen LogP contribution in [0, 0.1) is 0 Å². The van der Waals surface area contributed by atoms with E-state index in [1.54, 1.807) is 24.3 Å². The highest BCUT2D eigenvalue weighted by atomic mass is 32.2. The average Bonchev–Trinajstić information content (AvgIpc) is 2.87. The molecule has 0 bridgehead atoms. The number of hydrogen-bond acceptors (Lipinski definition) is 5. The van der Waals surface area contributed by atoms with E-state index >= 15 is 0 Å². The highest BCUT2D eigenvalue weighted by Gasteiger charge is 2.31. The SMILES string of the molecule is O=S(=O)(c1ccc(CO)o1)N1CCCOc2ccccc21. The van der Waals surface area contributed by atoms with Crippen molar-refractivity contribution in [2.45, 2.75) is 18.1 Å².